The number of aromatic amines is 1. The van der Waals surface area contributed by atoms with Gasteiger partial charge in [-0.3, -0.25) is 62.3 Å². The third-order valence-electron chi connectivity index (χ3n) is 21.5. The highest BCUT2D eigenvalue weighted by Gasteiger charge is 2.41. The van der Waals surface area contributed by atoms with Gasteiger partial charge in [-0.05, 0) is 189 Å². The number of rotatable bonds is 39. The molecule has 1 saturated heterocycles. The summed E-state index contributed by atoms with van der Waals surface area (Å²) in [6.45, 7) is 18.8. The van der Waals surface area contributed by atoms with Crippen molar-refractivity contribution in [2.45, 2.75) is 232 Å². The topological polar surface area (TPSA) is 588 Å². The van der Waals surface area contributed by atoms with Crippen LogP contribution < -0.4 is 103 Å². The van der Waals surface area contributed by atoms with Crippen molar-refractivity contribution in [3.8, 4) is 11.1 Å². The van der Waals surface area contributed by atoms with E-state index in [0.29, 0.717) is 70.2 Å². The molecule has 26 N–H and O–H groups in total. The summed E-state index contributed by atoms with van der Waals surface area (Å²) in [6, 6.07) is 1.12. The lowest BCUT2D eigenvalue weighted by molar-refractivity contribution is -0.137. The van der Waals surface area contributed by atoms with Gasteiger partial charge in [-0.25, -0.2) is 14.1 Å². The lowest BCUT2D eigenvalue weighted by Crippen LogP contribution is -2.62. The highest BCUT2D eigenvalue weighted by atomic mass is 19.1. The van der Waals surface area contributed by atoms with Crippen LogP contribution in [0.1, 0.15) is 176 Å². The molecule has 3 heterocycles. The number of H-pyrrole nitrogens is 1. The molecule has 3 aromatic carbocycles. The normalized spacial score (nSPS) is 20.0. The Bertz CT molecular complexity index is 4350. The molecule has 0 spiro atoms. The van der Waals surface area contributed by atoms with Gasteiger partial charge in [0.2, 0.25) is 65.0 Å². The Balaban J connectivity index is 1.29. The number of aliphatic hydroxyl groups excluding tert-OH is 2. The summed E-state index contributed by atoms with van der Waals surface area (Å²) in [5, 5.41) is 56.0. The van der Waals surface area contributed by atoms with Crippen LogP contribution in [0.25, 0.3) is 22.8 Å². The summed E-state index contributed by atoms with van der Waals surface area (Å²) in [5.74, 6) is -11.8. The molecule has 15 amide bonds. The van der Waals surface area contributed by atoms with Crippen molar-refractivity contribution in [1.82, 2.24) is 79.0 Å². The number of amides is 15. The van der Waals surface area contributed by atoms with E-state index < -0.39 is 168 Å². The molecule has 124 heavy (non-hydrogen) atoms. The number of unbranched alkanes of at least 4 members (excludes halogenated alkanes) is 2. The fourth-order valence-corrected chi connectivity index (χ4v) is 14.4. The smallest absolute Gasteiger partial charge is 0.329 e. The number of halogens is 1. The number of fused-ring (bicyclic) bond motifs is 1. The minimum atomic E-state index is -1.76. The third-order valence-corrected chi connectivity index (χ3v) is 21.5. The monoisotopic (exact) mass is 1730 g/mol. The van der Waals surface area contributed by atoms with Crippen LogP contribution in [-0.4, -0.2) is 241 Å². The van der Waals surface area contributed by atoms with Crippen molar-refractivity contribution < 1.29 is 81.7 Å². The lowest BCUT2D eigenvalue weighted by atomic mass is 9.98. The van der Waals surface area contributed by atoms with Crippen LogP contribution >= 0.6 is 0 Å². The molecule has 12 atom stereocenters. The number of carbonyl (C=O) groups is 14. The van der Waals surface area contributed by atoms with Gasteiger partial charge >= 0.3 is 6.03 Å². The maximum Gasteiger partial charge on any atom is 0.329 e. The Labute approximate surface area is 723 Å². The largest absolute Gasteiger partial charge is 0.391 e. The van der Waals surface area contributed by atoms with E-state index in [4.69, 9.17) is 28.7 Å². The number of anilines is 1. The summed E-state index contributed by atoms with van der Waals surface area (Å²) in [5.41, 5.74) is 34.5. The van der Waals surface area contributed by atoms with Gasteiger partial charge in [0.1, 0.15) is 66.2 Å². The van der Waals surface area contributed by atoms with Crippen molar-refractivity contribution in [1.29, 1.82) is 0 Å². The molecule has 0 radical (unpaired) electrons. The molecule has 0 saturated carbocycles. The second-order valence-electron chi connectivity index (χ2n) is 32.2. The van der Waals surface area contributed by atoms with Gasteiger partial charge in [0, 0.05) is 56.0 Å². The minimum absolute atomic E-state index is 0.0218. The Kier molecular flexibility index (Phi) is 41.5. The molecule has 38 heteroatoms. The Morgan fingerprint density at radius 3 is 1.68 bits per heavy atom. The number of aromatic nitrogens is 1. The molecular weight excluding hydrogens is 1600 g/mol. The van der Waals surface area contributed by atoms with E-state index in [1.165, 1.54) is 32.1 Å². The first-order chi connectivity index (χ1) is 59.0. The average Bonchev–Trinajstić information content (AvgIpc) is 1.60. The number of urea groups is 1. The van der Waals surface area contributed by atoms with E-state index in [1.54, 1.807) is 76.2 Å². The molecule has 6 rings (SSSR count). The van der Waals surface area contributed by atoms with Crippen LogP contribution in [0, 0.1) is 31.5 Å². The molecular formula is C86H130FN21O16. The standard InChI is InChI=1S/C86H130FN21O16/c1-11-107(12-2)41-40-94-82(120)71-49(7)66(96-50(71)8)45-59-58-44-57(87)26-27-69(58)108(85(59)123)86(124)95-46-54-20-24-56(25-21-54)55-22-18-53(19-23-55)43-68-81(119)103-67(42-48(5)6)80(118)100-61(29-35-89)74(112)99-64(32-38-92)79(117)105-72(51(9)109)83(121)93-39-33-65(77(115)98-62(30-36-90)76(114)104-68)101-75(113)63(31-37-91)102-84(122)73(52(10)110)106-78(116)60(28-34-88)97-70(111)17-15-13-14-16-47(3)4/h18-27,44-45,47-48,51-52,60-65,67-68,72-73,96,109-110H,11-17,28-43,46,88-92H2,1-10H3,(H,93,121)(H,94,120)(H,95,124)(H,97,111)(H,98,115)(H,99,112)(H,100,118)(H,101,113)(H,102,122)(H,103,119)(H,104,114)(H,105,117)(H,106,116)/b59-45-/t51-,52-,60-,61-,62?,63-,64-,65?,67-,68?,72-,73+/m1/s1. The molecule has 2 aliphatic rings. The number of nitrogens with zero attached hydrogens (tertiary/aromatic N) is 2. The van der Waals surface area contributed by atoms with Crippen LogP contribution in [0.15, 0.2) is 66.7 Å². The number of aliphatic hydroxyl groups is 2. The van der Waals surface area contributed by atoms with Gasteiger partial charge in [0.05, 0.1) is 29.0 Å². The van der Waals surface area contributed by atoms with E-state index in [9.17, 15) is 76.9 Å². The number of imide groups is 1. The molecule has 2 aliphatic heterocycles. The van der Waals surface area contributed by atoms with E-state index in [1.807, 2.05) is 13.8 Å². The highest BCUT2D eigenvalue weighted by Crippen LogP contribution is 2.39. The zero-order valence-electron chi connectivity index (χ0n) is 72.8. The van der Waals surface area contributed by atoms with E-state index in [0.717, 1.165) is 43.3 Å². The fraction of sp³-hybridized carbons (Fsp3) is 0.558. The maximum atomic E-state index is 15.1. The molecule has 682 valence electrons. The van der Waals surface area contributed by atoms with Crippen LogP contribution in [0.4, 0.5) is 14.9 Å². The SMILES string of the molecule is CCN(CC)CCNC(=O)c1c(C)[nH]c(/C=C2\C(=O)N(C(=O)NCc3ccc(-c4ccc(CC5NC(=O)C(CCN)NC(=O)C(NC(=O)[C@@H](CCN)NC(=O)[C@@H](NC(=O)[C@@H](CCN)NC(=O)CCCCCC(C)C)[C@@H](C)O)CCNC(=O)[C@@H]([C@@H](C)O)NC(=O)[C@@H](CCN)NC(=O)[C@@H](CCN)NC(=O)[C@@H](CC(C)C)NC5=O)cc4)cc3)c3ccc(F)cc32)c1C. The second kappa shape index (κ2) is 50.6. The number of nitrogens with two attached hydrogens (primary N) is 5. The van der Waals surface area contributed by atoms with Gasteiger partial charge in [-0.15, -0.1) is 0 Å². The fourth-order valence-electron chi connectivity index (χ4n) is 14.4. The van der Waals surface area contributed by atoms with Crippen molar-refractivity contribution in [3.05, 3.63) is 112 Å². The van der Waals surface area contributed by atoms with E-state index in [-0.39, 0.29) is 119 Å². The van der Waals surface area contributed by atoms with Crippen molar-refractivity contribution in [2.24, 2.45) is 40.5 Å². The van der Waals surface area contributed by atoms with Gasteiger partial charge in [0.15, 0.2) is 0 Å². The molecule has 3 unspecified atom stereocenters. The maximum absolute atomic E-state index is 15.1. The summed E-state index contributed by atoms with van der Waals surface area (Å²) in [4.78, 5) is 206. The van der Waals surface area contributed by atoms with Crippen molar-refractivity contribution >= 4 is 100 Å². The zero-order chi connectivity index (χ0) is 91.6. The van der Waals surface area contributed by atoms with Gasteiger partial charge < -0.3 is 118 Å². The second-order valence-corrected chi connectivity index (χ2v) is 32.2. The van der Waals surface area contributed by atoms with Crippen molar-refractivity contribution in [3.63, 3.8) is 0 Å². The summed E-state index contributed by atoms with van der Waals surface area (Å²) < 4.78 is 15.0. The molecule has 1 fully saturated rings. The van der Waals surface area contributed by atoms with Crippen LogP contribution in [0.5, 0.6) is 0 Å². The van der Waals surface area contributed by atoms with Crippen molar-refractivity contribution in [2.75, 3.05) is 70.3 Å². The van der Waals surface area contributed by atoms with Crippen LogP contribution in [-0.2, 0) is 70.5 Å². The Hall–Kier alpha value is -11.1. The first-order valence-corrected chi connectivity index (χ1v) is 42.7. The number of hydrogen-bond donors (Lipinski definition) is 21. The summed E-state index contributed by atoms with van der Waals surface area (Å²) in [7, 11) is 0. The van der Waals surface area contributed by atoms with Crippen LogP contribution in [0.3, 0.4) is 0 Å². The first kappa shape index (κ1) is 102. The van der Waals surface area contributed by atoms with Gasteiger partial charge in [0.25, 0.3) is 11.8 Å². The molecule has 0 bridgehead atoms. The van der Waals surface area contributed by atoms with E-state index >= 15 is 4.79 Å². The molecule has 37 nitrogen and oxygen atoms in total. The number of hydrogen-bond acceptors (Lipinski definition) is 22. The molecule has 4 aromatic rings. The van der Waals surface area contributed by atoms with Crippen LogP contribution in [0.2, 0.25) is 0 Å². The quantitative estimate of drug-likeness (QED) is 0.0195. The predicted molar refractivity (Wildman–Crippen MR) is 466 cm³/mol. The first-order valence-electron chi connectivity index (χ1n) is 42.7. The Morgan fingerprint density at radius 2 is 1.13 bits per heavy atom. The van der Waals surface area contributed by atoms with E-state index in [2.05, 4.69) is 92.8 Å². The zero-order valence-corrected chi connectivity index (χ0v) is 72.8. The number of nitrogens with one attached hydrogen (secondary N) is 14. The highest BCUT2D eigenvalue weighted by molar-refractivity contribution is 6.42. The number of carbonyl (C=O) groups excluding carboxylic acids is 14. The molecule has 0 aliphatic carbocycles. The number of likely N-dealkylation sites (N-methyl/N-ethyl adjacent to an activating group) is 1. The predicted octanol–water partition coefficient (Wildman–Crippen LogP) is -0.625. The third kappa shape index (κ3) is 30.4. The van der Waals surface area contributed by atoms with Gasteiger partial charge in [-0.2, -0.15) is 0 Å². The number of aryl methyl sites for hydroxylation is 1. The summed E-state index contributed by atoms with van der Waals surface area (Å²) >= 11 is 0. The average molecular weight is 1730 g/mol. The van der Waals surface area contributed by atoms with Gasteiger partial charge in [-0.1, -0.05) is 109 Å². The molecule has 1 aromatic heterocycles. The lowest BCUT2D eigenvalue weighted by Gasteiger charge is -2.29. The Morgan fingerprint density at radius 1 is 0.589 bits per heavy atom. The number of benzene rings is 3. The summed E-state index contributed by atoms with van der Waals surface area (Å²) in [6.07, 6.45) is -0.341. The minimum Gasteiger partial charge on any atom is -0.391 e.